The number of halogens is 1. The quantitative estimate of drug-likeness (QED) is 0.658. The van der Waals surface area contributed by atoms with E-state index in [0.717, 1.165) is 24.8 Å². The summed E-state index contributed by atoms with van der Waals surface area (Å²) in [7, 11) is -3.23. The van der Waals surface area contributed by atoms with Gasteiger partial charge >= 0.3 is 0 Å². The van der Waals surface area contributed by atoms with Crippen molar-refractivity contribution in [2.75, 3.05) is 12.8 Å². The fourth-order valence-corrected chi connectivity index (χ4v) is 4.09. The highest BCUT2D eigenvalue weighted by Crippen LogP contribution is 2.26. The molecule has 1 aliphatic rings. The minimum absolute atomic E-state index is 0. The Hall–Kier alpha value is -1.15. The van der Waals surface area contributed by atoms with E-state index in [4.69, 9.17) is 5.73 Å². The molecule has 4 N–H and O–H groups in total. The summed E-state index contributed by atoms with van der Waals surface area (Å²) in [6.07, 6.45) is 3.86. The SMILES string of the molecule is CC(C(=O)NCC1CCCC1NS(C)(=O)=O)C(N)c1ccccc1.Cl. The molecule has 142 valence electrons. The van der Waals surface area contributed by atoms with Gasteiger partial charge in [-0.25, -0.2) is 13.1 Å². The lowest BCUT2D eigenvalue weighted by atomic mass is 9.94. The molecule has 8 heteroatoms. The number of nitrogens with one attached hydrogen (secondary N) is 2. The number of sulfonamides is 1. The van der Waals surface area contributed by atoms with Gasteiger partial charge in [0.05, 0.1) is 12.2 Å². The van der Waals surface area contributed by atoms with Crippen LogP contribution in [0.1, 0.15) is 37.8 Å². The fraction of sp³-hybridized carbons (Fsp3) is 0.588. The predicted molar refractivity (Wildman–Crippen MR) is 102 cm³/mol. The summed E-state index contributed by atoms with van der Waals surface area (Å²) in [4.78, 5) is 12.4. The minimum atomic E-state index is -3.23. The minimum Gasteiger partial charge on any atom is -0.355 e. The monoisotopic (exact) mass is 389 g/mol. The van der Waals surface area contributed by atoms with E-state index >= 15 is 0 Å². The van der Waals surface area contributed by atoms with Gasteiger partial charge in [-0.3, -0.25) is 4.79 Å². The van der Waals surface area contributed by atoms with Crippen molar-refractivity contribution in [1.82, 2.24) is 10.0 Å². The van der Waals surface area contributed by atoms with Gasteiger partial charge in [-0.1, -0.05) is 43.7 Å². The summed E-state index contributed by atoms with van der Waals surface area (Å²) in [5, 5.41) is 2.94. The molecule has 1 amide bonds. The third-order valence-corrected chi connectivity index (χ3v) is 5.43. The van der Waals surface area contributed by atoms with E-state index in [-0.39, 0.29) is 42.2 Å². The van der Waals surface area contributed by atoms with Crippen molar-refractivity contribution in [3.8, 4) is 0 Å². The molecule has 0 aliphatic heterocycles. The van der Waals surface area contributed by atoms with E-state index in [1.807, 2.05) is 37.3 Å². The van der Waals surface area contributed by atoms with Crippen molar-refractivity contribution in [1.29, 1.82) is 0 Å². The lowest BCUT2D eigenvalue weighted by molar-refractivity contribution is -0.125. The van der Waals surface area contributed by atoms with Gasteiger partial charge in [0.2, 0.25) is 15.9 Å². The molecule has 0 aromatic heterocycles. The van der Waals surface area contributed by atoms with Crippen molar-refractivity contribution < 1.29 is 13.2 Å². The molecule has 1 fully saturated rings. The van der Waals surface area contributed by atoms with E-state index in [9.17, 15) is 13.2 Å². The molecule has 0 bridgehead atoms. The Morgan fingerprint density at radius 2 is 1.92 bits per heavy atom. The van der Waals surface area contributed by atoms with Gasteiger partial charge in [-0.15, -0.1) is 12.4 Å². The van der Waals surface area contributed by atoms with E-state index < -0.39 is 10.0 Å². The number of amides is 1. The van der Waals surface area contributed by atoms with Gasteiger partial charge in [-0.2, -0.15) is 0 Å². The second kappa shape index (κ2) is 9.52. The van der Waals surface area contributed by atoms with Gasteiger partial charge in [0.15, 0.2) is 0 Å². The van der Waals surface area contributed by atoms with E-state index in [1.165, 1.54) is 6.26 Å². The number of hydrogen-bond donors (Lipinski definition) is 3. The Morgan fingerprint density at radius 1 is 1.28 bits per heavy atom. The second-order valence-corrected chi connectivity index (χ2v) is 8.44. The lowest BCUT2D eigenvalue weighted by Crippen LogP contribution is -2.43. The summed E-state index contributed by atoms with van der Waals surface area (Å²) in [5.41, 5.74) is 7.11. The van der Waals surface area contributed by atoms with Gasteiger partial charge in [0.1, 0.15) is 0 Å². The topological polar surface area (TPSA) is 101 Å². The fourth-order valence-electron chi connectivity index (χ4n) is 3.23. The Bertz CT molecular complexity index is 654. The first-order valence-electron chi connectivity index (χ1n) is 8.33. The summed E-state index contributed by atoms with van der Waals surface area (Å²) >= 11 is 0. The normalized spacial score (nSPS) is 22.7. The van der Waals surface area contributed by atoms with Crippen molar-refractivity contribution >= 4 is 28.3 Å². The largest absolute Gasteiger partial charge is 0.355 e. The van der Waals surface area contributed by atoms with E-state index in [2.05, 4.69) is 10.0 Å². The molecule has 0 saturated heterocycles. The molecular formula is C17H28ClN3O3S. The van der Waals surface area contributed by atoms with Crippen LogP contribution < -0.4 is 15.8 Å². The summed E-state index contributed by atoms with van der Waals surface area (Å²) < 4.78 is 25.5. The maximum Gasteiger partial charge on any atom is 0.224 e. The van der Waals surface area contributed by atoms with Crippen LogP contribution in [-0.4, -0.2) is 33.2 Å². The zero-order valence-corrected chi connectivity index (χ0v) is 16.3. The van der Waals surface area contributed by atoms with Gasteiger partial charge in [0, 0.05) is 18.6 Å². The highest BCUT2D eigenvalue weighted by molar-refractivity contribution is 7.88. The second-order valence-electron chi connectivity index (χ2n) is 6.66. The molecule has 6 nitrogen and oxygen atoms in total. The van der Waals surface area contributed by atoms with Crippen LogP contribution in [0.4, 0.5) is 0 Å². The molecule has 1 saturated carbocycles. The van der Waals surface area contributed by atoms with Gasteiger partial charge in [0.25, 0.3) is 0 Å². The average molecular weight is 390 g/mol. The number of hydrogen-bond acceptors (Lipinski definition) is 4. The molecule has 4 unspecified atom stereocenters. The van der Waals surface area contributed by atoms with Crippen molar-refractivity contribution in [2.24, 2.45) is 17.6 Å². The van der Waals surface area contributed by atoms with Crippen LogP contribution in [0, 0.1) is 11.8 Å². The third-order valence-electron chi connectivity index (χ3n) is 4.70. The summed E-state index contributed by atoms with van der Waals surface area (Å²) in [6.45, 7) is 2.28. The van der Waals surface area contributed by atoms with Crippen LogP contribution in [0.3, 0.4) is 0 Å². The molecule has 0 spiro atoms. The van der Waals surface area contributed by atoms with Crippen molar-refractivity contribution in [3.05, 3.63) is 35.9 Å². The maximum absolute atomic E-state index is 12.4. The number of rotatable bonds is 7. The van der Waals surface area contributed by atoms with Crippen LogP contribution in [0.15, 0.2) is 30.3 Å². The zero-order chi connectivity index (χ0) is 17.7. The van der Waals surface area contributed by atoms with Gasteiger partial charge in [-0.05, 0) is 24.3 Å². The molecule has 0 radical (unpaired) electrons. The Labute approximate surface area is 156 Å². The number of carbonyl (C=O) groups excluding carboxylic acids is 1. The lowest BCUT2D eigenvalue weighted by Gasteiger charge is -2.23. The standard InChI is InChI=1S/C17H27N3O3S.ClH/c1-12(16(18)13-7-4-3-5-8-13)17(21)19-11-14-9-6-10-15(14)20-24(2,22)23;/h3-5,7-8,12,14-16,20H,6,9-11,18H2,1-2H3,(H,19,21);1H. The van der Waals surface area contributed by atoms with Crippen LogP contribution >= 0.6 is 12.4 Å². The smallest absolute Gasteiger partial charge is 0.224 e. The van der Waals surface area contributed by atoms with Crippen LogP contribution in [0.2, 0.25) is 0 Å². The number of benzene rings is 1. The highest BCUT2D eigenvalue weighted by atomic mass is 35.5. The molecule has 0 heterocycles. The predicted octanol–water partition coefficient (Wildman–Crippen LogP) is 1.58. The average Bonchev–Trinajstić information content (AvgIpc) is 2.97. The number of carbonyl (C=O) groups is 1. The third kappa shape index (κ3) is 6.58. The summed E-state index contributed by atoms with van der Waals surface area (Å²) in [6, 6.07) is 9.09. The van der Waals surface area contributed by atoms with Crippen LogP contribution in [0.25, 0.3) is 0 Å². The van der Waals surface area contributed by atoms with E-state index in [0.29, 0.717) is 6.54 Å². The highest BCUT2D eigenvalue weighted by Gasteiger charge is 2.30. The molecular weight excluding hydrogens is 362 g/mol. The van der Waals surface area contributed by atoms with Crippen molar-refractivity contribution in [2.45, 2.75) is 38.3 Å². The molecule has 1 aliphatic carbocycles. The first-order valence-corrected chi connectivity index (χ1v) is 10.2. The van der Waals surface area contributed by atoms with Crippen molar-refractivity contribution in [3.63, 3.8) is 0 Å². The first-order chi connectivity index (χ1) is 11.3. The van der Waals surface area contributed by atoms with Gasteiger partial charge < -0.3 is 11.1 Å². The van der Waals surface area contributed by atoms with Crippen LogP contribution in [0.5, 0.6) is 0 Å². The maximum atomic E-state index is 12.4. The molecule has 25 heavy (non-hydrogen) atoms. The Balaban J connectivity index is 0.00000312. The molecule has 1 aromatic rings. The Morgan fingerprint density at radius 3 is 2.52 bits per heavy atom. The molecule has 4 atom stereocenters. The first kappa shape index (κ1) is 21.9. The molecule has 2 rings (SSSR count). The number of nitrogens with two attached hydrogens (primary N) is 1. The van der Waals surface area contributed by atoms with Crippen LogP contribution in [-0.2, 0) is 14.8 Å². The molecule has 1 aromatic carbocycles. The summed E-state index contributed by atoms with van der Waals surface area (Å²) in [5.74, 6) is -0.324. The zero-order valence-electron chi connectivity index (χ0n) is 14.6. The van der Waals surface area contributed by atoms with E-state index in [1.54, 1.807) is 0 Å². The Kier molecular flexibility index (Phi) is 8.34.